The maximum absolute atomic E-state index is 12.0. The zero-order chi connectivity index (χ0) is 10.8. The average molecular weight is 210 g/mol. The van der Waals surface area contributed by atoms with Crippen LogP contribution >= 0.6 is 0 Å². The van der Waals surface area contributed by atoms with Gasteiger partial charge in [-0.05, 0) is 32.2 Å². The zero-order valence-corrected chi connectivity index (χ0v) is 9.83. The molecule has 1 saturated carbocycles. The van der Waals surface area contributed by atoms with Crippen LogP contribution in [-0.4, -0.2) is 36.0 Å². The molecule has 86 valence electrons. The van der Waals surface area contributed by atoms with Gasteiger partial charge in [0.2, 0.25) is 5.91 Å². The van der Waals surface area contributed by atoms with Crippen LogP contribution in [-0.2, 0) is 4.79 Å². The van der Waals surface area contributed by atoms with Crippen LogP contribution in [0.5, 0.6) is 0 Å². The van der Waals surface area contributed by atoms with Crippen molar-refractivity contribution in [2.24, 2.45) is 5.92 Å². The number of carbonyl (C=O) groups is 1. The van der Waals surface area contributed by atoms with Crippen molar-refractivity contribution in [3.63, 3.8) is 0 Å². The van der Waals surface area contributed by atoms with E-state index in [2.05, 4.69) is 10.2 Å². The Hall–Kier alpha value is -0.570. The second-order valence-corrected chi connectivity index (χ2v) is 5.17. The first kappa shape index (κ1) is 10.9. The van der Waals surface area contributed by atoms with E-state index >= 15 is 0 Å². The van der Waals surface area contributed by atoms with E-state index in [0.29, 0.717) is 18.0 Å². The van der Waals surface area contributed by atoms with Gasteiger partial charge >= 0.3 is 0 Å². The van der Waals surface area contributed by atoms with Crippen molar-refractivity contribution >= 4 is 5.91 Å². The van der Waals surface area contributed by atoms with Gasteiger partial charge in [0.25, 0.3) is 0 Å². The third kappa shape index (κ3) is 2.71. The highest BCUT2D eigenvalue weighted by atomic mass is 16.2. The second kappa shape index (κ2) is 4.52. The molecule has 1 saturated heterocycles. The predicted octanol–water partition coefficient (Wildman–Crippen LogP) is 1.39. The molecule has 0 aromatic carbocycles. The van der Waals surface area contributed by atoms with E-state index in [1.54, 1.807) is 0 Å². The van der Waals surface area contributed by atoms with Gasteiger partial charge in [0.1, 0.15) is 0 Å². The maximum Gasteiger partial charge on any atom is 0.225 e. The standard InChI is InChI=1S/C12H22N2O/c1-9(2)12(15)14(11-5-6-11)8-10-4-3-7-13-10/h9-11,13H,3-8H2,1-2H3. The maximum atomic E-state index is 12.0. The van der Waals surface area contributed by atoms with Crippen LogP contribution in [0.25, 0.3) is 0 Å². The Bertz CT molecular complexity index is 230. The summed E-state index contributed by atoms with van der Waals surface area (Å²) in [6, 6.07) is 1.11. The fourth-order valence-electron chi connectivity index (χ4n) is 2.29. The lowest BCUT2D eigenvalue weighted by Gasteiger charge is -2.27. The first-order valence-corrected chi connectivity index (χ1v) is 6.22. The highest BCUT2D eigenvalue weighted by Crippen LogP contribution is 2.28. The van der Waals surface area contributed by atoms with Crippen LogP contribution in [0, 0.1) is 5.92 Å². The average Bonchev–Trinajstić information content (AvgIpc) is 2.92. The number of hydrogen-bond donors (Lipinski definition) is 1. The molecule has 0 bridgehead atoms. The van der Waals surface area contributed by atoms with Gasteiger partial charge < -0.3 is 10.2 Å². The topological polar surface area (TPSA) is 32.3 Å². The van der Waals surface area contributed by atoms with Gasteiger partial charge in [-0.2, -0.15) is 0 Å². The first-order chi connectivity index (χ1) is 7.18. The predicted molar refractivity (Wildman–Crippen MR) is 60.6 cm³/mol. The Labute approximate surface area is 92.2 Å². The number of rotatable bonds is 4. The van der Waals surface area contributed by atoms with Gasteiger partial charge in [0.05, 0.1) is 0 Å². The minimum Gasteiger partial charge on any atom is -0.338 e. The normalized spacial score (nSPS) is 25.9. The Morgan fingerprint density at radius 1 is 1.40 bits per heavy atom. The Balaban J connectivity index is 1.90. The highest BCUT2D eigenvalue weighted by molar-refractivity contribution is 5.78. The number of carbonyl (C=O) groups excluding carboxylic acids is 1. The molecule has 1 atom stereocenters. The van der Waals surface area contributed by atoms with Crippen molar-refractivity contribution in [2.75, 3.05) is 13.1 Å². The van der Waals surface area contributed by atoms with Crippen molar-refractivity contribution in [2.45, 2.75) is 51.6 Å². The van der Waals surface area contributed by atoms with E-state index in [9.17, 15) is 4.79 Å². The second-order valence-electron chi connectivity index (χ2n) is 5.17. The lowest BCUT2D eigenvalue weighted by atomic mass is 10.1. The van der Waals surface area contributed by atoms with Crippen molar-refractivity contribution < 1.29 is 4.79 Å². The van der Waals surface area contributed by atoms with Gasteiger partial charge in [0, 0.05) is 24.5 Å². The van der Waals surface area contributed by atoms with Gasteiger partial charge in [-0.3, -0.25) is 4.79 Å². The summed E-state index contributed by atoms with van der Waals surface area (Å²) >= 11 is 0. The number of amides is 1. The first-order valence-electron chi connectivity index (χ1n) is 6.22. The minimum atomic E-state index is 0.145. The third-order valence-electron chi connectivity index (χ3n) is 3.34. The summed E-state index contributed by atoms with van der Waals surface area (Å²) in [5, 5.41) is 3.47. The van der Waals surface area contributed by atoms with E-state index < -0.39 is 0 Å². The molecule has 1 aliphatic heterocycles. The molecule has 2 fully saturated rings. The monoisotopic (exact) mass is 210 g/mol. The molecule has 1 N–H and O–H groups in total. The number of nitrogens with zero attached hydrogens (tertiary/aromatic N) is 1. The molecular weight excluding hydrogens is 188 g/mol. The minimum absolute atomic E-state index is 0.145. The molecule has 0 aromatic rings. The van der Waals surface area contributed by atoms with E-state index in [4.69, 9.17) is 0 Å². The van der Waals surface area contributed by atoms with Crippen LogP contribution in [0.15, 0.2) is 0 Å². The van der Waals surface area contributed by atoms with Gasteiger partial charge in [-0.1, -0.05) is 13.8 Å². The fourth-order valence-corrected chi connectivity index (χ4v) is 2.29. The zero-order valence-electron chi connectivity index (χ0n) is 9.83. The largest absolute Gasteiger partial charge is 0.338 e. The van der Waals surface area contributed by atoms with Gasteiger partial charge in [-0.25, -0.2) is 0 Å². The molecule has 1 aliphatic carbocycles. The van der Waals surface area contributed by atoms with Crippen LogP contribution in [0.3, 0.4) is 0 Å². The number of nitrogens with one attached hydrogen (secondary N) is 1. The molecule has 1 heterocycles. The molecule has 0 spiro atoms. The van der Waals surface area contributed by atoms with Gasteiger partial charge in [-0.15, -0.1) is 0 Å². The van der Waals surface area contributed by atoms with E-state index in [1.807, 2.05) is 13.8 Å². The fraction of sp³-hybridized carbons (Fsp3) is 0.917. The molecule has 1 unspecified atom stereocenters. The Morgan fingerprint density at radius 2 is 2.13 bits per heavy atom. The third-order valence-corrected chi connectivity index (χ3v) is 3.34. The van der Waals surface area contributed by atoms with E-state index in [1.165, 1.54) is 25.7 Å². The lowest BCUT2D eigenvalue weighted by molar-refractivity contribution is -0.135. The summed E-state index contributed by atoms with van der Waals surface area (Å²) in [6.07, 6.45) is 4.92. The van der Waals surface area contributed by atoms with Gasteiger partial charge in [0.15, 0.2) is 0 Å². The number of hydrogen-bond acceptors (Lipinski definition) is 2. The molecule has 3 nitrogen and oxygen atoms in total. The SMILES string of the molecule is CC(C)C(=O)N(CC1CCCN1)C1CC1. The summed E-state index contributed by atoms with van der Waals surface area (Å²) in [7, 11) is 0. The molecule has 0 radical (unpaired) electrons. The van der Waals surface area contributed by atoms with Crippen molar-refractivity contribution in [1.29, 1.82) is 0 Å². The summed E-state index contributed by atoms with van der Waals surface area (Å²) in [5.74, 6) is 0.484. The van der Waals surface area contributed by atoms with Crippen LogP contribution < -0.4 is 5.32 Å². The van der Waals surface area contributed by atoms with E-state index in [0.717, 1.165) is 13.1 Å². The van der Waals surface area contributed by atoms with Crippen molar-refractivity contribution in [1.82, 2.24) is 10.2 Å². The Kier molecular flexibility index (Phi) is 3.29. The van der Waals surface area contributed by atoms with Crippen molar-refractivity contribution in [3.8, 4) is 0 Å². The highest BCUT2D eigenvalue weighted by Gasteiger charge is 2.35. The summed E-state index contributed by atoms with van der Waals surface area (Å²) < 4.78 is 0. The van der Waals surface area contributed by atoms with Crippen molar-refractivity contribution in [3.05, 3.63) is 0 Å². The molecule has 2 rings (SSSR count). The summed E-state index contributed by atoms with van der Waals surface area (Å²) in [6.45, 7) is 6.06. The van der Waals surface area contributed by atoms with Crippen LogP contribution in [0.1, 0.15) is 39.5 Å². The van der Waals surface area contributed by atoms with Crippen LogP contribution in [0.4, 0.5) is 0 Å². The Morgan fingerprint density at radius 3 is 2.60 bits per heavy atom. The quantitative estimate of drug-likeness (QED) is 0.760. The molecule has 3 heteroatoms. The summed E-state index contributed by atoms with van der Waals surface area (Å²) in [5.41, 5.74) is 0. The summed E-state index contributed by atoms with van der Waals surface area (Å²) in [4.78, 5) is 14.1. The van der Waals surface area contributed by atoms with Crippen LogP contribution in [0.2, 0.25) is 0 Å². The smallest absolute Gasteiger partial charge is 0.225 e. The molecule has 2 aliphatic rings. The van der Waals surface area contributed by atoms with E-state index in [-0.39, 0.29) is 5.92 Å². The molecular formula is C12H22N2O. The molecule has 15 heavy (non-hydrogen) atoms. The molecule has 1 amide bonds. The lowest BCUT2D eigenvalue weighted by Crippen LogP contribution is -2.44. The molecule has 0 aromatic heterocycles.